The van der Waals surface area contributed by atoms with Crippen LogP contribution >= 0.6 is 0 Å². The molecule has 4 saturated carbocycles. The minimum Gasteiger partial charge on any atom is -0.481 e. The highest BCUT2D eigenvalue weighted by Crippen LogP contribution is 2.77. The molecule has 0 radical (unpaired) electrons. The number of ketones is 1. The lowest BCUT2D eigenvalue weighted by Crippen LogP contribution is -2.66. The van der Waals surface area contributed by atoms with Crippen molar-refractivity contribution in [2.24, 2.45) is 56.2 Å². The molecular formula is C49H75N3O7. The quantitative estimate of drug-likeness (QED) is 0.189. The highest BCUT2D eigenvalue weighted by Gasteiger charge is 2.71. The zero-order chi connectivity index (χ0) is 42.8. The molecule has 0 bridgehead atoms. The molecule has 1 aromatic rings. The third-order valence-corrected chi connectivity index (χ3v) is 17.9. The highest BCUT2D eigenvalue weighted by molar-refractivity contribution is 6.00. The third-order valence-electron chi connectivity index (χ3n) is 17.9. The fourth-order valence-corrected chi connectivity index (χ4v) is 14.4. The SMILES string of the molecule is CC(C)C1=C2[C@H]3CC[C@@H]4[C@@]5(C)CC[C@H](OC(=O)CC(C)(C)C(=O)O)C(C)(C)[C@H]5CC[C@@]4(C)[C@]3(C)CC[C@@]2([C@@H](O)CN(CCN2CCOCC2)Cc2cccnc2)CC1=O. The maximum atomic E-state index is 14.4. The van der Waals surface area contributed by atoms with Crippen LogP contribution in [0.4, 0.5) is 0 Å². The van der Waals surface area contributed by atoms with Crippen molar-refractivity contribution in [3.05, 3.63) is 41.2 Å². The lowest BCUT2D eigenvalue weighted by molar-refractivity contribution is -0.235. The molecule has 6 aliphatic rings. The molecule has 2 heterocycles. The number of aliphatic carboxylic acids is 1. The van der Waals surface area contributed by atoms with E-state index < -0.39 is 28.9 Å². The summed E-state index contributed by atoms with van der Waals surface area (Å²) in [6, 6.07) is 4.10. The maximum absolute atomic E-state index is 14.4. The number of pyridine rings is 1. The van der Waals surface area contributed by atoms with Crippen molar-refractivity contribution in [2.75, 3.05) is 45.9 Å². The molecule has 0 aromatic carbocycles. The average Bonchev–Trinajstić information content (AvgIpc) is 3.49. The van der Waals surface area contributed by atoms with Gasteiger partial charge in [0.15, 0.2) is 5.78 Å². The van der Waals surface area contributed by atoms with Gasteiger partial charge in [0.25, 0.3) is 0 Å². The Morgan fingerprint density at radius 3 is 2.39 bits per heavy atom. The number of carboxylic acid groups (broad SMARTS) is 1. The first-order valence-electron chi connectivity index (χ1n) is 23.0. The monoisotopic (exact) mass is 818 g/mol. The molecule has 1 aliphatic heterocycles. The molecule has 0 spiro atoms. The number of esters is 1. The van der Waals surface area contributed by atoms with E-state index in [2.05, 4.69) is 69.3 Å². The zero-order valence-corrected chi connectivity index (χ0v) is 37.8. The molecule has 1 saturated heterocycles. The second-order valence-corrected chi connectivity index (χ2v) is 22.1. The largest absolute Gasteiger partial charge is 0.481 e. The van der Waals surface area contributed by atoms with E-state index in [0.717, 1.165) is 102 Å². The predicted octanol–water partition coefficient (Wildman–Crippen LogP) is 7.97. The predicted molar refractivity (Wildman–Crippen MR) is 228 cm³/mol. The van der Waals surface area contributed by atoms with Gasteiger partial charge in [-0.15, -0.1) is 0 Å². The topological polar surface area (TPSA) is 130 Å². The summed E-state index contributed by atoms with van der Waals surface area (Å²) in [6.07, 6.45) is 10.9. The van der Waals surface area contributed by atoms with Crippen molar-refractivity contribution in [1.29, 1.82) is 0 Å². The van der Waals surface area contributed by atoms with E-state index in [-0.39, 0.29) is 51.8 Å². The maximum Gasteiger partial charge on any atom is 0.309 e. The van der Waals surface area contributed by atoms with Crippen LogP contribution in [0.15, 0.2) is 35.7 Å². The minimum atomic E-state index is -1.17. The number of fused-ring (bicyclic) bond motifs is 7. The Morgan fingerprint density at radius 1 is 1.00 bits per heavy atom. The zero-order valence-electron chi connectivity index (χ0n) is 37.8. The first-order chi connectivity index (χ1) is 27.7. The second-order valence-electron chi connectivity index (χ2n) is 22.1. The van der Waals surface area contributed by atoms with Gasteiger partial charge in [0.05, 0.1) is 31.2 Å². The lowest BCUT2D eigenvalue weighted by Gasteiger charge is -2.72. The summed E-state index contributed by atoms with van der Waals surface area (Å²) in [7, 11) is 0. The van der Waals surface area contributed by atoms with Gasteiger partial charge in [-0.2, -0.15) is 0 Å². The number of allylic oxidation sites excluding steroid dienone is 1. The molecule has 10 nitrogen and oxygen atoms in total. The van der Waals surface area contributed by atoms with Gasteiger partial charge in [0, 0.05) is 68.9 Å². The Bertz CT molecular complexity index is 1770. The molecule has 2 N–H and O–H groups in total. The summed E-state index contributed by atoms with van der Waals surface area (Å²) in [5.41, 5.74) is 1.51. The van der Waals surface area contributed by atoms with E-state index >= 15 is 0 Å². The second kappa shape index (κ2) is 16.2. The number of rotatable bonds is 13. The number of hydrogen-bond donors (Lipinski definition) is 2. The van der Waals surface area contributed by atoms with Crippen molar-refractivity contribution in [1.82, 2.24) is 14.8 Å². The van der Waals surface area contributed by atoms with Crippen molar-refractivity contribution >= 4 is 17.7 Å². The van der Waals surface area contributed by atoms with Gasteiger partial charge >= 0.3 is 11.9 Å². The molecule has 5 aliphatic carbocycles. The van der Waals surface area contributed by atoms with Gasteiger partial charge in [-0.3, -0.25) is 29.2 Å². The molecule has 59 heavy (non-hydrogen) atoms. The summed E-state index contributed by atoms with van der Waals surface area (Å²) in [5, 5.41) is 22.5. The number of nitrogens with zero attached hydrogens (tertiary/aromatic N) is 3. The summed E-state index contributed by atoms with van der Waals surface area (Å²) >= 11 is 0. The number of hydrogen-bond acceptors (Lipinski definition) is 9. The Kier molecular flexibility index (Phi) is 12.2. The molecule has 328 valence electrons. The van der Waals surface area contributed by atoms with Crippen LogP contribution in [0.2, 0.25) is 0 Å². The number of aliphatic hydroxyl groups excluding tert-OH is 1. The molecular weight excluding hydrogens is 743 g/mol. The fraction of sp³-hybridized carbons (Fsp3) is 0.796. The Hall–Kier alpha value is -2.66. The Morgan fingerprint density at radius 2 is 1.73 bits per heavy atom. The van der Waals surface area contributed by atoms with Crippen LogP contribution in [0.25, 0.3) is 0 Å². The molecule has 0 amide bonds. The molecule has 5 fully saturated rings. The van der Waals surface area contributed by atoms with E-state index in [1.165, 1.54) is 5.57 Å². The van der Waals surface area contributed by atoms with E-state index in [0.29, 0.717) is 31.3 Å². The van der Waals surface area contributed by atoms with E-state index in [4.69, 9.17) is 9.47 Å². The van der Waals surface area contributed by atoms with Gasteiger partial charge in [0.1, 0.15) is 6.10 Å². The van der Waals surface area contributed by atoms with E-state index in [9.17, 15) is 24.6 Å². The average molecular weight is 818 g/mol. The normalized spacial score (nSPS) is 36.4. The van der Waals surface area contributed by atoms with Crippen LogP contribution < -0.4 is 0 Å². The molecule has 7 rings (SSSR count). The number of carbonyl (C=O) groups excluding carboxylic acids is 2. The molecule has 1 aromatic heterocycles. The summed E-state index contributed by atoms with van der Waals surface area (Å²) in [4.78, 5) is 48.7. The third kappa shape index (κ3) is 7.66. The molecule has 0 unspecified atom stereocenters. The number of aromatic nitrogens is 1. The van der Waals surface area contributed by atoms with Crippen molar-refractivity contribution in [3.63, 3.8) is 0 Å². The first-order valence-corrected chi connectivity index (χ1v) is 23.0. The number of carbonyl (C=O) groups is 3. The van der Waals surface area contributed by atoms with E-state index in [1.807, 2.05) is 18.5 Å². The smallest absolute Gasteiger partial charge is 0.309 e. The highest BCUT2D eigenvalue weighted by atomic mass is 16.5. The van der Waals surface area contributed by atoms with Crippen LogP contribution in [0.3, 0.4) is 0 Å². The van der Waals surface area contributed by atoms with E-state index in [1.54, 1.807) is 13.8 Å². The first kappa shape index (κ1) is 44.4. The van der Waals surface area contributed by atoms with Gasteiger partial charge in [0.2, 0.25) is 0 Å². The van der Waals surface area contributed by atoms with Gasteiger partial charge in [-0.1, -0.05) is 60.1 Å². The van der Waals surface area contributed by atoms with Gasteiger partial charge in [-0.25, -0.2) is 0 Å². The van der Waals surface area contributed by atoms with Crippen molar-refractivity contribution in [3.8, 4) is 0 Å². The van der Waals surface area contributed by atoms with Crippen LogP contribution in [-0.2, 0) is 30.4 Å². The summed E-state index contributed by atoms with van der Waals surface area (Å²) in [5.74, 6) is 0.00584. The number of morpholine rings is 1. The summed E-state index contributed by atoms with van der Waals surface area (Å²) < 4.78 is 11.8. The summed E-state index contributed by atoms with van der Waals surface area (Å²) in [6.45, 7) is 26.1. The number of Topliss-reactive ketones (excluding diaryl/α,β-unsaturated/α-hetero) is 1. The number of ether oxygens (including phenoxy) is 2. The number of aliphatic hydroxyl groups is 1. The lowest BCUT2D eigenvalue weighted by atomic mass is 9.33. The Labute approximate surface area is 354 Å². The fourth-order valence-electron chi connectivity index (χ4n) is 14.4. The van der Waals surface area contributed by atoms with Crippen molar-refractivity contribution < 1.29 is 34.1 Å². The number of carboxylic acids is 1. The van der Waals surface area contributed by atoms with Crippen LogP contribution in [0.1, 0.15) is 132 Å². The van der Waals surface area contributed by atoms with Crippen LogP contribution in [0.5, 0.6) is 0 Å². The van der Waals surface area contributed by atoms with Gasteiger partial charge < -0.3 is 19.7 Å². The van der Waals surface area contributed by atoms with Crippen LogP contribution in [0, 0.1) is 56.2 Å². The minimum absolute atomic E-state index is 0.0329. The molecule has 10 heteroatoms. The van der Waals surface area contributed by atoms with Crippen molar-refractivity contribution in [2.45, 2.75) is 145 Å². The van der Waals surface area contributed by atoms with Gasteiger partial charge in [-0.05, 0) is 122 Å². The molecule has 9 atom stereocenters. The standard InChI is InChI=1S/C49H75N3O7/c1-32(2)41-35(53)27-49(38(54)31-52(30-33-11-10-20-50-29-33)22-21-51-23-25-58-26-24-51)19-18-47(8)34(42(41)49)12-13-37-46(7)16-15-39(59-40(55)28-44(3,4)43(56)57)45(5,6)36(46)14-17-48(37,47)9/h10-11,20,29,32,34,36-39,54H,12-19,21-28,30-31H2,1-9H3,(H,56,57)/t34-,36-,37-,38+,39+,46+,47-,48-,49+/m1/s1. The van der Waals surface area contributed by atoms with Crippen LogP contribution in [-0.4, -0.2) is 101 Å². The Balaban J connectivity index is 1.15.